The van der Waals surface area contributed by atoms with E-state index in [0.29, 0.717) is 0 Å². The summed E-state index contributed by atoms with van der Waals surface area (Å²) in [4.78, 5) is 2.49. The van der Waals surface area contributed by atoms with E-state index in [1.54, 1.807) is 0 Å². The van der Waals surface area contributed by atoms with Gasteiger partial charge in [0.15, 0.2) is 0 Å². The van der Waals surface area contributed by atoms with Gasteiger partial charge in [-0.1, -0.05) is 133 Å². The number of nitrogens with zero attached hydrogens (tertiary/aromatic N) is 2. The van der Waals surface area contributed by atoms with E-state index in [1.165, 1.54) is 83.0 Å². The first-order valence-electron chi connectivity index (χ1n) is 18.5. The molecule has 7 aromatic carbocycles. The van der Waals surface area contributed by atoms with Crippen molar-refractivity contribution in [3.05, 3.63) is 198 Å². The van der Waals surface area contributed by atoms with Gasteiger partial charge in [0, 0.05) is 33.5 Å². The Morgan fingerprint density at radius 1 is 0.558 bits per heavy atom. The van der Waals surface area contributed by atoms with Gasteiger partial charge in [-0.25, -0.2) is 0 Å². The lowest BCUT2D eigenvalue weighted by molar-refractivity contribution is 0.968. The molecule has 248 valence electrons. The van der Waals surface area contributed by atoms with Crippen molar-refractivity contribution in [3.8, 4) is 16.8 Å². The number of allylic oxidation sites excluding steroid dienone is 4. The van der Waals surface area contributed by atoms with E-state index in [4.69, 9.17) is 0 Å². The average molecular weight is 667 g/mol. The minimum absolute atomic E-state index is 0.983. The highest BCUT2D eigenvalue weighted by Gasteiger charge is 2.23. The van der Waals surface area contributed by atoms with Gasteiger partial charge in [0.25, 0.3) is 0 Å². The van der Waals surface area contributed by atoms with E-state index in [1.807, 2.05) is 0 Å². The summed E-state index contributed by atoms with van der Waals surface area (Å²) in [6, 6.07) is 57.8. The zero-order valence-corrected chi connectivity index (χ0v) is 29.0. The van der Waals surface area contributed by atoms with Gasteiger partial charge in [0.2, 0.25) is 0 Å². The van der Waals surface area contributed by atoms with Crippen LogP contribution in [0.5, 0.6) is 0 Å². The number of rotatable bonds is 6. The maximum atomic E-state index is 2.49. The van der Waals surface area contributed by atoms with Gasteiger partial charge in [0.05, 0.1) is 11.2 Å². The molecule has 10 rings (SSSR count). The number of aryl methyl sites for hydroxylation is 1. The molecule has 0 bridgehead atoms. The maximum absolute atomic E-state index is 2.49. The Hall–Kier alpha value is -6.38. The number of anilines is 2. The summed E-state index contributed by atoms with van der Waals surface area (Å²) in [6.07, 6.45) is 13.6. The van der Waals surface area contributed by atoms with Crippen LogP contribution in [0.2, 0.25) is 0 Å². The molecule has 1 aromatic heterocycles. The summed E-state index contributed by atoms with van der Waals surface area (Å²) in [7, 11) is 0. The molecule has 0 saturated heterocycles. The minimum Gasteiger partial charge on any atom is -0.310 e. The smallest absolute Gasteiger partial charge is 0.0543 e. The third kappa shape index (κ3) is 5.10. The molecule has 0 amide bonds. The summed E-state index contributed by atoms with van der Waals surface area (Å²) in [5.41, 5.74) is 14.0. The molecule has 0 aliphatic heterocycles. The molecule has 0 fully saturated rings. The molecule has 0 radical (unpaired) electrons. The lowest BCUT2D eigenvalue weighted by atomic mass is 9.91. The molecular weight excluding hydrogens is 629 g/mol. The molecule has 0 saturated carbocycles. The molecule has 8 aromatic rings. The molecule has 2 aliphatic carbocycles. The van der Waals surface area contributed by atoms with Crippen LogP contribution >= 0.6 is 0 Å². The summed E-state index contributed by atoms with van der Waals surface area (Å²) in [6.45, 7) is 0. The second-order valence-corrected chi connectivity index (χ2v) is 13.9. The minimum atomic E-state index is 0.983. The first-order valence-corrected chi connectivity index (χ1v) is 18.5. The van der Waals surface area contributed by atoms with Crippen LogP contribution in [0.3, 0.4) is 0 Å². The number of fused-ring (bicyclic) bond motifs is 5. The van der Waals surface area contributed by atoms with Gasteiger partial charge in [-0.05, 0) is 118 Å². The standard InChI is InChI=1S/C50H38N2/c1-2-21-39(22-3-1)52-48-30-9-8-27-46(48)50-45(29-14-32-49(50)52)38-20-11-24-41(34-38)51(47-31-13-18-36-16-5-7-26-44(36)47)40-23-10-19-37(33-40)43-28-12-17-35-15-4-6-25-42(35)43/h1-7,9,11-18,20-26,28-34H,8,10,19,27H2. The van der Waals surface area contributed by atoms with Crippen molar-refractivity contribution >= 4 is 55.5 Å². The van der Waals surface area contributed by atoms with Crippen molar-refractivity contribution in [2.45, 2.75) is 25.7 Å². The van der Waals surface area contributed by atoms with Crippen molar-refractivity contribution in [2.24, 2.45) is 0 Å². The molecule has 0 unspecified atom stereocenters. The monoisotopic (exact) mass is 666 g/mol. The van der Waals surface area contributed by atoms with Crippen LogP contribution in [0, 0.1) is 0 Å². The average Bonchev–Trinajstić information content (AvgIpc) is 3.56. The van der Waals surface area contributed by atoms with Crippen LogP contribution < -0.4 is 4.90 Å². The molecule has 0 atom stereocenters. The van der Waals surface area contributed by atoms with E-state index in [2.05, 4.69) is 191 Å². The normalized spacial score (nSPS) is 14.0. The van der Waals surface area contributed by atoms with Crippen molar-refractivity contribution < 1.29 is 0 Å². The van der Waals surface area contributed by atoms with Gasteiger partial charge in [-0.3, -0.25) is 0 Å². The lowest BCUT2D eigenvalue weighted by Gasteiger charge is -2.30. The molecule has 1 heterocycles. The van der Waals surface area contributed by atoms with Crippen LogP contribution in [0.4, 0.5) is 11.4 Å². The quantitative estimate of drug-likeness (QED) is 0.171. The fraction of sp³-hybridized carbons (Fsp3) is 0.0800. The zero-order valence-electron chi connectivity index (χ0n) is 29.0. The highest BCUT2D eigenvalue weighted by atomic mass is 15.1. The van der Waals surface area contributed by atoms with Crippen LogP contribution in [0.1, 0.15) is 36.1 Å². The second kappa shape index (κ2) is 12.7. The van der Waals surface area contributed by atoms with Gasteiger partial charge in [0.1, 0.15) is 0 Å². The number of hydrogen-bond donors (Lipinski definition) is 0. The van der Waals surface area contributed by atoms with Crippen LogP contribution in [0.25, 0.3) is 60.9 Å². The van der Waals surface area contributed by atoms with Crippen LogP contribution in [-0.4, -0.2) is 4.57 Å². The Balaban J connectivity index is 1.17. The van der Waals surface area contributed by atoms with Crippen LogP contribution in [-0.2, 0) is 6.42 Å². The topological polar surface area (TPSA) is 8.17 Å². The van der Waals surface area contributed by atoms with Crippen molar-refractivity contribution in [2.75, 3.05) is 4.90 Å². The molecule has 2 aliphatic rings. The van der Waals surface area contributed by atoms with Gasteiger partial charge < -0.3 is 9.47 Å². The SMILES string of the molecule is C1=Cc2c(c3c(-c4cccc(N(C5=CCCC(c6cccc7ccccc67)=C5)c5cccc6ccccc56)c4)cccc3n2-c2ccccc2)CC1. The van der Waals surface area contributed by atoms with E-state index >= 15 is 0 Å². The third-order valence-corrected chi connectivity index (χ3v) is 10.9. The largest absolute Gasteiger partial charge is 0.310 e. The van der Waals surface area contributed by atoms with Crippen molar-refractivity contribution in [3.63, 3.8) is 0 Å². The first-order chi connectivity index (χ1) is 25.8. The number of benzene rings is 7. The highest BCUT2D eigenvalue weighted by Crippen LogP contribution is 2.44. The molecular formula is C50H38N2. The van der Waals surface area contributed by atoms with Gasteiger partial charge in [-0.2, -0.15) is 0 Å². The predicted molar refractivity (Wildman–Crippen MR) is 221 cm³/mol. The molecule has 0 N–H and O–H groups in total. The molecule has 2 nitrogen and oxygen atoms in total. The summed E-state index contributed by atoms with van der Waals surface area (Å²) in [5, 5.41) is 6.43. The fourth-order valence-electron chi connectivity index (χ4n) is 8.58. The molecule has 52 heavy (non-hydrogen) atoms. The molecule has 0 spiro atoms. The fourth-order valence-corrected chi connectivity index (χ4v) is 8.58. The van der Waals surface area contributed by atoms with E-state index in [9.17, 15) is 0 Å². The van der Waals surface area contributed by atoms with Gasteiger partial charge in [-0.15, -0.1) is 0 Å². The zero-order chi connectivity index (χ0) is 34.4. The summed E-state index contributed by atoms with van der Waals surface area (Å²) >= 11 is 0. The summed E-state index contributed by atoms with van der Waals surface area (Å²) in [5.74, 6) is 0. The number of hydrogen-bond acceptors (Lipinski definition) is 1. The Kier molecular flexibility index (Phi) is 7.46. The maximum Gasteiger partial charge on any atom is 0.0543 e. The Labute approximate surface area is 304 Å². The second-order valence-electron chi connectivity index (χ2n) is 13.9. The van der Waals surface area contributed by atoms with E-state index in [0.717, 1.165) is 31.4 Å². The number of aromatic nitrogens is 1. The Morgan fingerprint density at radius 2 is 1.27 bits per heavy atom. The van der Waals surface area contributed by atoms with Crippen molar-refractivity contribution in [1.82, 2.24) is 4.57 Å². The highest BCUT2D eigenvalue weighted by molar-refractivity contribution is 6.03. The predicted octanol–water partition coefficient (Wildman–Crippen LogP) is 13.5. The Morgan fingerprint density at radius 3 is 2.15 bits per heavy atom. The molecule has 2 heteroatoms. The van der Waals surface area contributed by atoms with E-state index in [-0.39, 0.29) is 0 Å². The van der Waals surface area contributed by atoms with Crippen molar-refractivity contribution in [1.29, 1.82) is 0 Å². The Bertz CT molecular complexity index is 2730. The third-order valence-electron chi connectivity index (χ3n) is 10.9. The lowest BCUT2D eigenvalue weighted by Crippen LogP contribution is -2.17. The number of para-hydroxylation sites is 1. The van der Waals surface area contributed by atoms with Crippen LogP contribution in [0.15, 0.2) is 182 Å². The summed E-state index contributed by atoms with van der Waals surface area (Å²) < 4.78 is 2.45. The van der Waals surface area contributed by atoms with E-state index < -0.39 is 0 Å². The first kappa shape index (κ1) is 30.4. The van der Waals surface area contributed by atoms with Gasteiger partial charge >= 0.3 is 0 Å².